The molecule has 0 bridgehead atoms. The first-order valence-electron chi connectivity index (χ1n) is 9.28. The Bertz CT molecular complexity index is 1000. The van der Waals surface area contributed by atoms with Crippen LogP contribution >= 0.6 is 0 Å². The first-order chi connectivity index (χ1) is 13.6. The van der Waals surface area contributed by atoms with Crippen LogP contribution in [0, 0.1) is 12.7 Å². The zero-order valence-corrected chi connectivity index (χ0v) is 15.7. The Morgan fingerprint density at radius 3 is 2.64 bits per heavy atom. The SMILES string of the molecule is Cc1cc(C(=O)N2CCc3ccccc3C2)nc(NCc2ccc(F)cc2)n1. The Morgan fingerprint density at radius 1 is 1.11 bits per heavy atom. The van der Waals surface area contributed by atoms with Crippen molar-refractivity contribution in [1.82, 2.24) is 14.9 Å². The standard InChI is InChI=1S/C22H21FN4O/c1-15-12-20(21(28)27-11-10-17-4-2-3-5-18(17)14-27)26-22(25-15)24-13-16-6-8-19(23)9-7-16/h2-9,12H,10-11,13-14H2,1H3,(H,24,25,26). The van der Waals surface area contributed by atoms with Gasteiger partial charge in [-0.15, -0.1) is 0 Å². The quantitative estimate of drug-likeness (QED) is 0.754. The van der Waals surface area contributed by atoms with Gasteiger partial charge in [0.1, 0.15) is 11.5 Å². The molecular weight excluding hydrogens is 355 g/mol. The molecular formula is C22H21FN4O. The van der Waals surface area contributed by atoms with Crippen LogP contribution in [0.15, 0.2) is 54.6 Å². The average molecular weight is 376 g/mol. The van der Waals surface area contributed by atoms with Crippen molar-refractivity contribution in [3.8, 4) is 0 Å². The van der Waals surface area contributed by atoms with Crippen molar-refractivity contribution in [3.05, 3.63) is 88.5 Å². The normalized spacial score (nSPS) is 13.1. The van der Waals surface area contributed by atoms with Gasteiger partial charge >= 0.3 is 0 Å². The number of rotatable bonds is 4. The summed E-state index contributed by atoms with van der Waals surface area (Å²) in [7, 11) is 0. The van der Waals surface area contributed by atoms with E-state index in [2.05, 4.69) is 27.4 Å². The molecule has 4 rings (SSSR count). The van der Waals surface area contributed by atoms with Crippen LogP contribution in [0.1, 0.15) is 32.9 Å². The van der Waals surface area contributed by atoms with Crippen molar-refractivity contribution in [2.75, 3.05) is 11.9 Å². The zero-order chi connectivity index (χ0) is 19.5. The van der Waals surface area contributed by atoms with Gasteiger partial charge in [0, 0.05) is 25.3 Å². The fraction of sp³-hybridized carbons (Fsp3) is 0.227. The van der Waals surface area contributed by atoms with E-state index in [4.69, 9.17) is 0 Å². The second-order valence-corrected chi connectivity index (χ2v) is 6.94. The molecule has 2 aromatic carbocycles. The number of halogens is 1. The summed E-state index contributed by atoms with van der Waals surface area (Å²) >= 11 is 0. The van der Waals surface area contributed by atoms with Gasteiger partial charge in [0.15, 0.2) is 0 Å². The predicted octanol–water partition coefficient (Wildman–Crippen LogP) is 3.73. The van der Waals surface area contributed by atoms with Crippen LogP contribution in [0.25, 0.3) is 0 Å². The highest BCUT2D eigenvalue weighted by Gasteiger charge is 2.23. The first kappa shape index (κ1) is 18.1. The van der Waals surface area contributed by atoms with Crippen LogP contribution < -0.4 is 5.32 Å². The lowest BCUT2D eigenvalue weighted by atomic mass is 10.00. The minimum atomic E-state index is -0.272. The van der Waals surface area contributed by atoms with Crippen molar-refractivity contribution >= 4 is 11.9 Å². The van der Waals surface area contributed by atoms with Gasteiger partial charge < -0.3 is 10.2 Å². The fourth-order valence-electron chi connectivity index (χ4n) is 3.37. The van der Waals surface area contributed by atoms with Crippen molar-refractivity contribution in [2.24, 2.45) is 0 Å². The summed E-state index contributed by atoms with van der Waals surface area (Å²) in [5.74, 6) is 0.0291. The third-order valence-electron chi connectivity index (χ3n) is 4.86. The predicted molar refractivity (Wildman–Crippen MR) is 105 cm³/mol. The number of carbonyl (C=O) groups is 1. The van der Waals surface area contributed by atoms with Crippen LogP contribution in [-0.2, 0) is 19.5 Å². The molecule has 2 heterocycles. The number of hydrogen-bond acceptors (Lipinski definition) is 4. The molecule has 0 unspecified atom stereocenters. The highest BCUT2D eigenvalue weighted by atomic mass is 19.1. The Kier molecular flexibility index (Phi) is 5.02. The zero-order valence-electron chi connectivity index (χ0n) is 15.7. The summed E-state index contributed by atoms with van der Waals surface area (Å²) in [4.78, 5) is 23.6. The number of benzene rings is 2. The lowest BCUT2D eigenvalue weighted by molar-refractivity contribution is 0.0728. The van der Waals surface area contributed by atoms with Crippen molar-refractivity contribution < 1.29 is 9.18 Å². The number of nitrogens with zero attached hydrogens (tertiary/aromatic N) is 3. The number of anilines is 1. The number of fused-ring (bicyclic) bond motifs is 1. The number of carbonyl (C=O) groups excluding carboxylic acids is 1. The second kappa shape index (κ2) is 7.76. The molecule has 1 N–H and O–H groups in total. The van der Waals surface area contributed by atoms with E-state index >= 15 is 0 Å². The Labute approximate surface area is 163 Å². The molecule has 28 heavy (non-hydrogen) atoms. The van der Waals surface area contributed by atoms with Gasteiger partial charge in [-0.05, 0) is 48.2 Å². The summed E-state index contributed by atoms with van der Waals surface area (Å²) in [5.41, 5.74) is 4.49. The van der Waals surface area contributed by atoms with Crippen LogP contribution in [0.5, 0.6) is 0 Å². The Morgan fingerprint density at radius 2 is 1.86 bits per heavy atom. The largest absolute Gasteiger partial charge is 0.350 e. The smallest absolute Gasteiger partial charge is 0.272 e. The number of nitrogens with one attached hydrogen (secondary N) is 1. The maximum atomic E-state index is 13.0. The van der Waals surface area contributed by atoms with Gasteiger partial charge in [-0.3, -0.25) is 4.79 Å². The number of amides is 1. The third kappa shape index (κ3) is 4.01. The summed E-state index contributed by atoms with van der Waals surface area (Å²) in [6, 6.07) is 16.2. The summed E-state index contributed by atoms with van der Waals surface area (Å²) in [5, 5.41) is 3.12. The van der Waals surface area contributed by atoms with Crippen LogP contribution in [0.2, 0.25) is 0 Å². The molecule has 3 aromatic rings. The molecule has 1 amide bonds. The maximum Gasteiger partial charge on any atom is 0.272 e. The van der Waals surface area contributed by atoms with E-state index < -0.39 is 0 Å². The minimum absolute atomic E-state index is 0.0927. The third-order valence-corrected chi connectivity index (χ3v) is 4.86. The van der Waals surface area contributed by atoms with E-state index in [0.717, 1.165) is 17.7 Å². The van der Waals surface area contributed by atoms with Gasteiger partial charge in [-0.2, -0.15) is 0 Å². The van der Waals surface area contributed by atoms with E-state index in [9.17, 15) is 9.18 Å². The molecule has 0 fully saturated rings. The first-order valence-corrected chi connectivity index (χ1v) is 9.28. The summed E-state index contributed by atoms with van der Waals surface area (Å²) in [6.07, 6.45) is 0.849. The molecule has 0 aliphatic carbocycles. The Balaban J connectivity index is 1.49. The van der Waals surface area contributed by atoms with Crippen LogP contribution in [0.3, 0.4) is 0 Å². The molecule has 1 aliphatic heterocycles. The molecule has 1 aromatic heterocycles. The molecule has 0 saturated heterocycles. The minimum Gasteiger partial charge on any atom is -0.350 e. The van der Waals surface area contributed by atoms with Gasteiger partial charge in [0.05, 0.1) is 0 Å². The monoisotopic (exact) mass is 376 g/mol. The van der Waals surface area contributed by atoms with Crippen molar-refractivity contribution in [1.29, 1.82) is 0 Å². The van der Waals surface area contributed by atoms with Gasteiger partial charge in [0.25, 0.3) is 5.91 Å². The highest BCUT2D eigenvalue weighted by Crippen LogP contribution is 2.20. The van der Waals surface area contributed by atoms with Crippen molar-refractivity contribution in [2.45, 2.75) is 26.4 Å². The number of hydrogen-bond donors (Lipinski definition) is 1. The van der Waals surface area contributed by atoms with E-state index in [1.807, 2.05) is 24.0 Å². The van der Waals surface area contributed by atoms with E-state index in [1.54, 1.807) is 18.2 Å². The van der Waals surface area contributed by atoms with E-state index in [-0.39, 0.29) is 11.7 Å². The fourth-order valence-corrected chi connectivity index (χ4v) is 3.37. The average Bonchev–Trinajstić information content (AvgIpc) is 2.72. The molecule has 0 spiro atoms. The summed E-state index contributed by atoms with van der Waals surface area (Å²) < 4.78 is 13.0. The topological polar surface area (TPSA) is 58.1 Å². The van der Waals surface area contributed by atoms with E-state index in [1.165, 1.54) is 23.3 Å². The highest BCUT2D eigenvalue weighted by molar-refractivity contribution is 5.92. The molecule has 6 heteroatoms. The van der Waals surface area contributed by atoms with Gasteiger partial charge in [-0.1, -0.05) is 36.4 Å². The molecule has 1 aliphatic rings. The maximum absolute atomic E-state index is 13.0. The molecule has 0 atom stereocenters. The van der Waals surface area contributed by atoms with Gasteiger partial charge in [0.2, 0.25) is 5.95 Å². The lowest BCUT2D eigenvalue weighted by Gasteiger charge is -2.28. The molecule has 0 saturated carbocycles. The molecule has 5 nitrogen and oxygen atoms in total. The number of aromatic nitrogens is 2. The second-order valence-electron chi connectivity index (χ2n) is 6.94. The molecule has 0 radical (unpaired) electrons. The van der Waals surface area contributed by atoms with Crippen LogP contribution in [0.4, 0.5) is 10.3 Å². The summed E-state index contributed by atoms with van der Waals surface area (Å²) in [6.45, 7) is 3.56. The lowest BCUT2D eigenvalue weighted by Crippen LogP contribution is -2.36. The van der Waals surface area contributed by atoms with Gasteiger partial charge in [-0.25, -0.2) is 14.4 Å². The Hall–Kier alpha value is -3.28. The van der Waals surface area contributed by atoms with E-state index in [0.29, 0.717) is 31.3 Å². The number of aryl methyl sites for hydroxylation is 1. The van der Waals surface area contributed by atoms with Crippen molar-refractivity contribution in [3.63, 3.8) is 0 Å². The molecule has 142 valence electrons. The van der Waals surface area contributed by atoms with Crippen LogP contribution in [-0.4, -0.2) is 27.3 Å².